The van der Waals surface area contributed by atoms with Crippen LogP contribution in [0.5, 0.6) is 0 Å². The van der Waals surface area contributed by atoms with Gasteiger partial charge < -0.3 is 44.0 Å². The van der Waals surface area contributed by atoms with Crippen LogP contribution < -0.4 is 38.9 Å². The lowest BCUT2D eigenvalue weighted by atomic mass is 9.98. The lowest BCUT2D eigenvalue weighted by molar-refractivity contribution is -0.141. The first-order valence-electron chi connectivity index (χ1n) is 11.2. The zero-order valence-corrected chi connectivity index (χ0v) is 20.9. The Balaban J connectivity index is 5.62. The fourth-order valence-electron chi connectivity index (χ4n) is 2.84. The minimum absolute atomic E-state index is 0.0517. The predicted molar refractivity (Wildman–Crippen MR) is 133 cm³/mol. The van der Waals surface area contributed by atoms with Crippen molar-refractivity contribution < 1.29 is 29.1 Å². The van der Waals surface area contributed by atoms with E-state index in [4.69, 9.17) is 22.9 Å². The van der Waals surface area contributed by atoms with Crippen molar-refractivity contribution in [2.75, 3.05) is 12.3 Å². The first-order chi connectivity index (χ1) is 16.3. The highest BCUT2D eigenvalue weighted by Gasteiger charge is 2.30. The van der Waals surface area contributed by atoms with Crippen LogP contribution in [-0.4, -0.2) is 77.1 Å². The first-order valence-corrected chi connectivity index (χ1v) is 11.8. The Hall–Kier alpha value is -3.07. The molecule has 0 saturated carbocycles. The summed E-state index contributed by atoms with van der Waals surface area (Å²) in [6.45, 7) is 3.79. The van der Waals surface area contributed by atoms with Gasteiger partial charge in [-0.25, -0.2) is 4.79 Å². The van der Waals surface area contributed by atoms with Crippen LogP contribution in [0.25, 0.3) is 0 Å². The average molecular weight is 519 g/mol. The second-order valence-electron chi connectivity index (χ2n) is 8.07. The molecule has 0 rings (SSSR count). The molecule has 0 spiro atoms. The van der Waals surface area contributed by atoms with Gasteiger partial charge >= 0.3 is 5.97 Å². The SMILES string of the molecule is CCC(C)C(N)C(=O)NC(CCC(N)=O)C(=O)NC(CCCN=C(N)N)C(=O)NC(CS)C(=O)O. The van der Waals surface area contributed by atoms with E-state index in [1.165, 1.54) is 0 Å². The van der Waals surface area contributed by atoms with Crippen LogP contribution in [0.15, 0.2) is 4.99 Å². The summed E-state index contributed by atoms with van der Waals surface area (Å²) < 4.78 is 0. The van der Waals surface area contributed by atoms with Crippen molar-refractivity contribution in [1.29, 1.82) is 0 Å². The van der Waals surface area contributed by atoms with Gasteiger partial charge in [0.25, 0.3) is 0 Å². The summed E-state index contributed by atoms with van der Waals surface area (Å²) in [5.41, 5.74) is 21.7. The number of nitrogens with one attached hydrogen (secondary N) is 3. The van der Waals surface area contributed by atoms with E-state index in [-0.39, 0.29) is 49.9 Å². The molecule has 0 saturated heterocycles. The Morgan fingerprint density at radius 1 is 0.914 bits per heavy atom. The summed E-state index contributed by atoms with van der Waals surface area (Å²) in [5.74, 6) is -4.63. The minimum Gasteiger partial charge on any atom is -0.480 e. The molecule has 15 heteroatoms. The number of hydrogen-bond donors (Lipinski definition) is 9. The lowest BCUT2D eigenvalue weighted by Crippen LogP contribution is -2.57. The Morgan fingerprint density at radius 3 is 1.89 bits per heavy atom. The smallest absolute Gasteiger partial charge is 0.327 e. The number of carboxylic acid groups (broad SMARTS) is 1. The van der Waals surface area contributed by atoms with Crippen LogP contribution in [0.2, 0.25) is 0 Å². The van der Waals surface area contributed by atoms with Gasteiger partial charge in [-0.15, -0.1) is 0 Å². The third kappa shape index (κ3) is 12.8. The van der Waals surface area contributed by atoms with Crippen molar-refractivity contribution in [3.63, 3.8) is 0 Å². The van der Waals surface area contributed by atoms with E-state index in [0.29, 0.717) is 6.42 Å². The predicted octanol–water partition coefficient (Wildman–Crippen LogP) is -2.85. The molecule has 0 aromatic rings. The Kier molecular flexibility index (Phi) is 15.1. The molecule has 200 valence electrons. The standard InChI is InChI=1S/C20H38N8O6S/c1-3-10(2)15(22)18(32)27-12(6-7-14(21)29)17(31)26-11(5-4-8-25-20(23)24)16(30)28-13(9-35)19(33)34/h10-13,15,35H,3-9,22H2,1-2H3,(H2,21,29)(H,26,31)(H,27,32)(H,28,30)(H,33,34)(H4,23,24,25). The average Bonchev–Trinajstić information content (AvgIpc) is 2.79. The topological polar surface area (TPSA) is 258 Å². The van der Waals surface area contributed by atoms with Crippen molar-refractivity contribution in [2.45, 2.75) is 70.1 Å². The molecule has 0 radical (unpaired) electrons. The molecule has 0 aromatic heterocycles. The molecule has 4 amide bonds. The number of guanidine groups is 1. The first kappa shape index (κ1) is 31.9. The highest BCUT2D eigenvalue weighted by molar-refractivity contribution is 7.80. The van der Waals surface area contributed by atoms with E-state index >= 15 is 0 Å². The van der Waals surface area contributed by atoms with Gasteiger partial charge in [-0.2, -0.15) is 12.6 Å². The van der Waals surface area contributed by atoms with Gasteiger partial charge in [0.1, 0.15) is 18.1 Å². The normalized spacial score (nSPS) is 15.0. The molecule has 14 nitrogen and oxygen atoms in total. The molecule has 0 aliphatic heterocycles. The van der Waals surface area contributed by atoms with E-state index < -0.39 is 53.8 Å². The summed E-state index contributed by atoms with van der Waals surface area (Å²) in [5, 5.41) is 16.5. The third-order valence-corrected chi connectivity index (χ3v) is 5.61. The van der Waals surface area contributed by atoms with Crippen LogP contribution in [0.4, 0.5) is 0 Å². The molecular formula is C20H38N8O6S. The Morgan fingerprint density at radius 2 is 1.43 bits per heavy atom. The number of nitrogens with two attached hydrogens (primary N) is 4. The number of carbonyl (C=O) groups is 5. The van der Waals surface area contributed by atoms with Gasteiger partial charge in [0.2, 0.25) is 23.6 Å². The minimum atomic E-state index is -1.30. The lowest BCUT2D eigenvalue weighted by Gasteiger charge is -2.26. The largest absolute Gasteiger partial charge is 0.480 e. The summed E-state index contributed by atoms with van der Waals surface area (Å²) in [6.07, 6.45) is 0.610. The van der Waals surface area contributed by atoms with Gasteiger partial charge in [0, 0.05) is 18.7 Å². The maximum Gasteiger partial charge on any atom is 0.327 e. The van der Waals surface area contributed by atoms with E-state index in [1.807, 2.05) is 6.92 Å². The van der Waals surface area contributed by atoms with Crippen LogP contribution >= 0.6 is 12.6 Å². The highest BCUT2D eigenvalue weighted by Crippen LogP contribution is 2.08. The molecule has 12 N–H and O–H groups in total. The number of aliphatic imine (C=N–C) groups is 1. The van der Waals surface area contributed by atoms with Crippen LogP contribution in [0.1, 0.15) is 46.0 Å². The highest BCUT2D eigenvalue weighted by atomic mass is 32.1. The summed E-state index contributed by atoms with van der Waals surface area (Å²) in [6, 6.07) is -4.58. The second-order valence-corrected chi connectivity index (χ2v) is 8.43. The van der Waals surface area contributed by atoms with Gasteiger partial charge in [-0.05, 0) is 25.2 Å². The summed E-state index contributed by atoms with van der Waals surface area (Å²) in [4.78, 5) is 64.6. The molecule has 0 aliphatic carbocycles. The Labute approximate surface area is 209 Å². The maximum absolute atomic E-state index is 13.0. The van der Waals surface area contributed by atoms with Gasteiger partial charge in [-0.3, -0.25) is 24.2 Å². The number of thiol groups is 1. The van der Waals surface area contributed by atoms with Crippen molar-refractivity contribution in [1.82, 2.24) is 16.0 Å². The molecule has 0 bridgehead atoms. The second kappa shape index (κ2) is 16.5. The molecule has 0 aromatic carbocycles. The zero-order valence-electron chi connectivity index (χ0n) is 20.0. The number of primary amides is 1. The number of aliphatic carboxylic acids is 1. The Bertz CT molecular complexity index is 777. The number of rotatable bonds is 17. The molecule has 35 heavy (non-hydrogen) atoms. The van der Waals surface area contributed by atoms with Crippen LogP contribution in [0, 0.1) is 5.92 Å². The molecule has 0 heterocycles. The van der Waals surface area contributed by atoms with Crippen molar-refractivity contribution in [2.24, 2.45) is 33.8 Å². The van der Waals surface area contributed by atoms with E-state index in [2.05, 4.69) is 33.6 Å². The maximum atomic E-state index is 13.0. The van der Waals surface area contributed by atoms with E-state index in [0.717, 1.165) is 0 Å². The summed E-state index contributed by atoms with van der Waals surface area (Å²) >= 11 is 3.91. The molecular weight excluding hydrogens is 480 g/mol. The van der Waals surface area contributed by atoms with Gasteiger partial charge in [-0.1, -0.05) is 20.3 Å². The fraction of sp³-hybridized carbons (Fsp3) is 0.700. The molecule has 5 unspecified atom stereocenters. The number of nitrogens with zero attached hydrogens (tertiary/aromatic N) is 1. The van der Waals surface area contributed by atoms with E-state index in [1.54, 1.807) is 6.92 Å². The monoisotopic (exact) mass is 518 g/mol. The van der Waals surface area contributed by atoms with Crippen molar-refractivity contribution in [3.05, 3.63) is 0 Å². The summed E-state index contributed by atoms with van der Waals surface area (Å²) in [7, 11) is 0. The van der Waals surface area contributed by atoms with Crippen molar-refractivity contribution in [3.8, 4) is 0 Å². The van der Waals surface area contributed by atoms with Crippen LogP contribution in [0.3, 0.4) is 0 Å². The van der Waals surface area contributed by atoms with Crippen LogP contribution in [-0.2, 0) is 24.0 Å². The molecule has 0 fully saturated rings. The number of amides is 4. The number of carbonyl (C=O) groups excluding carboxylic acids is 4. The molecule has 5 atom stereocenters. The number of carboxylic acids is 1. The van der Waals surface area contributed by atoms with E-state index in [9.17, 15) is 29.1 Å². The molecule has 0 aliphatic rings. The van der Waals surface area contributed by atoms with Gasteiger partial charge in [0.15, 0.2) is 5.96 Å². The fourth-order valence-corrected chi connectivity index (χ4v) is 3.09. The zero-order chi connectivity index (χ0) is 27.1. The number of hydrogen-bond acceptors (Lipinski definition) is 8. The van der Waals surface area contributed by atoms with Crippen molar-refractivity contribution >= 4 is 48.2 Å². The van der Waals surface area contributed by atoms with Gasteiger partial charge in [0.05, 0.1) is 6.04 Å². The third-order valence-electron chi connectivity index (χ3n) is 5.25. The quantitative estimate of drug-likeness (QED) is 0.0414.